The summed E-state index contributed by atoms with van der Waals surface area (Å²) in [5, 5.41) is 3.79. The standard InChI is InChI=1S/C11H16ClNO/c1-8(13-3)9(2)14-11-7-5-4-6-10(11)12/h4-9,13H,1-3H3. The average molecular weight is 214 g/mol. The average Bonchev–Trinajstić information content (AvgIpc) is 2.20. The molecule has 0 spiro atoms. The second kappa shape index (κ2) is 5.23. The van der Waals surface area contributed by atoms with Crippen molar-refractivity contribution in [1.82, 2.24) is 5.32 Å². The summed E-state index contributed by atoms with van der Waals surface area (Å²) in [6.07, 6.45) is 0.0971. The van der Waals surface area contributed by atoms with Gasteiger partial charge < -0.3 is 10.1 Å². The smallest absolute Gasteiger partial charge is 0.138 e. The highest BCUT2D eigenvalue weighted by Crippen LogP contribution is 2.24. The van der Waals surface area contributed by atoms with E-state index in [0.717, 1.165) is 5.75 Å². The summed E-state index contributed by atoms with van der Waals surface area (Å²) in [5.41, 5.74) is 0. The van der Waals surface area contributed by atoms with Gasteiger partial charge in [-0.25, -0.2) is 0 Å². The minimum Gasteiger partial charge on any atom is -0.488 e. The molecular weight excluding hydrogens is 198 g/mol. The molecule has 0 saturated heterocycles. The molecule has 0 radical (unpaired) electrons. The SMILES string of the molecule is CNC(C)C(C)Oc1ccccc1Cl. The third-order valence-corrected chi connectivity index (χ3v) is 2.62. The maximum absolute atomic E-state index is 5.97. The van der Waals surface area contributed by atoms with E-state index >= 15 is 0 Å². The van der Waals surface area contributed by atoms with Crippen molar-refractivity contribution >= 4 is 11.6 Å². The van der Waals surface area contributed by atoms with Crippen LogP contribution in [0.15, 0.2) is 24.3 Å². The molecule has 0 fully saturated rings. The van der Waals surface area contributed by atoms with Crippen molar-refractivity contribution in [2.24, 2.45) is 0 Å². The Labute approximate surface area is 90.2 Å². The number of nitrogens with one attached hydrogen (secondary N) is 1. The summed E-state index contributed by atoms with van der Waals surface area (Å²) in [7, 11) is 1.91. The molecule has 2 nitrogen and oxygen atoms in total. The van der Waals surface area contributed by atoms with Crippen molar-refractivity contribution < 1.29 is 4.74 Å². The van der Waals surface area contributed by atoms with E-state index in [1.165, 1.54) is 0 Å². The Bertz CT molecular complexity index is 290. The Hall–Kier alpha value is -0.730. The molecule has 0 heterocycles. The van der Waals surface area contributed by atoms with Crippen molar-refractivity contribution in [2.45, 2.75) is 26.0 Å². The fraction of sp³-hybridized carbons (Fsp3) is 0.455. The molecule has 0 bridgehead atoms. The van der Waals surface area contributed by atoms with Gasteiger partial charge in [-0.05, 0) is 33.0 Å². The lowest BCUT2D eigenvalue weighted by atomic mass is 10.2. The first-order valence-electron chi connectivity index (χ1n) is 4.73. The molecule has 0 aromatic heterocycles. The molecule has 1 rings (SSSR count). The van der Waals surface area contributed by atoms with Crippen molar-refractivity contribution in [2.75, 3.05) is 7.05 Å². The second-order valence-corrected chi connectivity index (χ2v) is 3.74. The van der Waals surface area contributed by atoms with Crippen molar-refractivity contribution in [3.63, 3.8) is 0 Å². The van der Waals surface area contributed by atoms with Crippen LogP contribution in [0.4, 0.5) is 0 Å². The van der Waals surface area contributed by atoms with E-state index in [1.54, 1.807) is 0 Å². The van der Waals surface area contributed by atoms with Crippen molar-refractivity contribution in [3.05, 3.63) is 29.3 Å². The highest BCUT2D eigenvalue weighted by Gasteiger charge is 2.12. The first-order chi connectivity index (χ1) is 6.65. The number of hydrogen-bond acceptors (Lipinski definition) is 2. The molecule has 2 atom stereocenters. The predicted molar refractivity (Wildman–Crippen MR) is 60.1 cm³/mol. The van der Waals surface area contributed by atoms with E-state index in [-0.39, 0.29) is 6.10 Å². The topological polar surface area (TPSA) is 21.3 Å². The van der Waals surface area contributed by atoms with E-state index < -0.39 is 0 Å². The zero-order valence-corrected chi connectivity index (χ0v) is 9.51. The number of benzene rings is 1. The van der Waals surface area contributed by atoms with Crippen LogP contribution in [0.1, 0.15) is 13.8 Å². The second-order valence-electron chi connectivity index (χ2n) is 3.33. The van der Waals surface area contributed by atoms with E-state index in [4.69, 9.17) is 16.3 Å². The Kier molecular flexibility index (Phi) is 4.23. The molecule has 0 saturated carbocycles. The number of likely N-dealkylation sites (N-methyl/N-ethyl adjacent to an activating group) is 1. The van der Waals surface area contributed by atoms with Gasteiger partial charge in [0, 0.05) is 6.04 Å². The summed E-state index contributed by atoms with van der Waals surface area (Å²) >= 11 is 5.97. The highest BCUT2D eigenvalue weighted by atomic mass is 35.5. The first kappa shape index (κ1) is 11.3. The van der Waals surface area contributed by atoms with Gasteiger partial charge in [0.05, 0.1) is 5.02 Å². The number of ether oxygens (including phenoxy) is 1. The van der Waals surface area contributed by atoms with Crippen LogP contribution in [-0.4, -0.2) is 19.2 Å². The van der Waals surface area contributed by atoms with Crippen LogP contribution < -0.4 is 10.1 Å². The minimum absolute atomic E-state index is 0.0971. The van der Waals surface area contributed by atoms with E-state index in [2.05, 4.69) is 12.2 Å². The molecule has 3 heteroatoms. The van der Waals surface area contributed by atoms with Gasteiger partial charge in [-0.15, -0.1) is 0 Å². The summed E-state index contributed by atoms with van der Waals surface area (Å²) in [5.74, 6) is 0.740. The molecule has 14 heavy (non-hydrogen) atoms. The van der Waals surface area contributed by atoms with Crippen molar-refractivity contribution in [1.29, 1.82) is 0 Å². The molecule has 0 amide bonds. The Morgan fingerprint density at radius 3 is 2.50 bits per heavy atom. The maximum Gasteiger partial charge on any atom is 0.138 e. The predicted octanol–water partition coefficient (Wildman–Crippen LogP) is 2.72. The lowest BCUT2D eigenvalue weighted by molar-refractivity contribution is 0.182. The van der Waals surface area contributed by atoms with Gasteiger partial charge in [0.15, 0.2) is 0 Å². The van der Waals surface area contributed by atoms with Gasteiger partial charge >= 0.3 is 0 Å². The van der Waals surface area contributed by atoms with Crippen LogP contribution >= 0.6 is 11.6 Å². The van der Waals surface area contributed by atoms with Crippen LogP contribution in [0.25, 0.3) is 0 Å². The minimum atomic E-state index is 0.0971. The number of para-hydroxylation sites is 1. The Balaban J connectivity index is 2.64. The molecule has 1 aromatic rings. The summed E-state index contributed by atoms with van der Waals surface area (Å²) in [6.45, 7) is 4.09. The Morgan fingerprint density at radius 2 is 1.93 bits per heavy atom. The van der Waals surface area contributed by atoms with Crippen LogP contribution in [0.5, 0.6) is 5.75 Å². The molecule has 0 aliphatic rings. The number of hydrogen-bond donors (Lipinski definition) is 1. The highest BCUT2D eigenvalue weighted by molar-refractivity contribution is 6.32. The lowest BCUT2D eigenvalue weighted by Crippen LogP contribution is -2.36. The third kappa shape index (κ3) is 2.89. The van der Waals surface area contributed by atoms with Crippen LogP contribution in [0, 0.1) is 0 Å². The molecule has 1 aromatic carbocycles. The zero-order valence-electron chi connectivity index (χ0n) is 8.75. The quantitative estimate of drug-likeness (QED) is 0.831. The van der Waals surface area contributed by atoms with Crippen molar-refractivity contribution in [3.8, 4) is 5.75 Å². The largest absolute Gasteiger partial charge is 0.488 e. The summed E-state index contributed by atoms with van der Waals surface area (Å²) < 4.78 is 5.70. The third-order valence-electron chi connectivity index (χ3n) is 2.31. The van der Waals surface area contributed by atoms with Gasteiger partial charge in [0.25, 0.3) is 0 Å². The summed E-state index contributed by atoms with van der Waals surface area (Å²) in [4.78, 5) is 0. The van der Waals surface area contributed by atoms with Gasteiger partial charge in [0.2, 0.25) is 0 Å². The maximum atomic E-state index is 5.97. The fourth-order valence-electron chi connectivity index (χ4n) is 1.08. The van der Waals surface area contributed by atoms with E-state index in [0.29, 0.717) is 11.1 Å². The molecule has 0 aliphatic carbocycles. The molecule has 1 N–H and O–H groups in total. The molecule has 0 aliphatic heterocycles. The first-order valence-corrected chi connectivity index (χ1v) is 5.11. The molecule has 78 valence electrons. The van der Waals surface area contributed by atoms with Crippen LogP contribution in [0.2, 0.25) is 5.02 Å². The fourth-order valence-corrected chi connectivity index (χ4v) is 1.26. The van der Waals surface area contributed by atoms with E-state index in [9.17, 15) is 0 Å². The molecule has 2 unspecified atom stereocenters. The van der Waals surface area contributed by atoms with Gasteiger partial charge in [-0.2, -0.15) is 0 Å². The van der Waals surface area contributed by atoms with Gasteiger partial charge in [0.1, 0.15) is 11.9 Å². The Morgan fingerprint density at radius 1 is 1.29 bits per heavy atom. The van der Waals surface area contributed by atoms with Gasteiger partial charge in [-0.3, -0.25) is 0 Å². The molecular formula is C11H16ClNO. The van der Waals surface area contributed by atoms with Gasteiger partial charge in [-0.1, -0.05) is 23.7 Å². The number of rotatable bonds is 4. The van der Waals surface area contributed by atoms with Crippen LogP contribution in [-0.2, 0) is 0 Å². The lowest BCUT2D eigenvalue weighted by Gasteiger charge is -2.21. The summed E-state index contributed by atoms with van der Waals surface area (Å²) in [6, 6.07) is 7.81. The normalized spacial score (nSPS) is 14.9. The van der Waals surface area contributed by atoms with Crippen LogP contribution in [0.3, 0.4) is 0 Å². The number of halogens is 1. The monoisotopic (exact) mass is 213 g/mol. The van der Waals surface area contributed by atoms with E-state index in [1.807, 2.05) is 38.2 Å². The zero-order chi connectivity index (χ0) is 10.6.